The first-order chi connectivity index (χ1) is 9.12. The Kier molecular flexibility index (Phi) is 4.17. The van der Waals surface area contributed by atoms with E-state index in [4.69, 9.17) is 0 Å². The van der Waals surface area contributed by atoms with Crippen molar-refractivity contribution in [3.05, 3.63) is 0 Å². The molecule has 0 bridgehead atoms. The third kappa shape index (κ3) is 3.17. The Morgan fingerprint density at radius 1 is 1.30 bits per heavy atom. The zero-order chi connectivity index (χ0) is 15.1. The summed E-state index contributed by atoms with van der Waals surface area (Å²) in [7, 11) is -3.48. The molecule has 2 fully saturated rings. The summed E-state index contributed by atoms with van der Waals surface area (Å²) >= 11 is 0. The van der Waals surface area contributed by atoms with Crippen molar-refractivity contribution >= 4 is 16.0 Å². The van der Waals surface area contributed by atoms with Gasteiger partial charge in [0.15, 0.2) is 0 Å². The Morgan fingerprint density at radius 3 is 2.50 bits per heavy atom. The monoisotopic (exact) mass is 303 g/mol. The number of carbonyl (C=O) groups is 1. The van der Waals surface area contributed by atoms with Gasteiger partial charge in [0, 0.05) is 6.54 Å². The summed E-state index contributed by atoms with van der Waals surface area (Å²) in [6, 6.07) is -0.840. The molecule has 1 N–H and O–H groups in total. The Labute approximate surface area is 121 Å². The van der Waals surface area contributed by atoms with E-state index >= 15 is 0 Å². The summed E-state index contributed by atoms with van der Waals surface area (Å²) in [6.45, 7) is 6.38. The third-order valence-electron chi connectivity index (χ3n) is 4.57. The van der Waals surface area contributed by atoms with Gasteiger partial charge in [-0.15, -0.1) is 0 Å². The van der Waals surface area contributed by atoms with Crippen molar-refractivity contribution in [2.75, 3.05) is 12.3 Å². The molecular formula is C14H25NO4S. The quantitative estimate of drug-likeness (QED) is 0.861. The number of rotatable bonds is 4. The normalized spacial score (nSPS) is 31.4. The minimum absolute atomic E-state index is 0.0110. The van der Waals surface area contributed by atoms with Gasteiger partial charge < -0.3 is 5.11 Å². The van der Waals surface area contributed by atoms with E-state index < -0.39 is 22.0 Å². The second kappa shape index (κ2) is 5.30. The molecule has 1 saturated heterocycles. The first-order valence-electron chi connectivity index (χ1n) is 7.34. The number of fused-ring (bicyclic) bond motifs is 1. The van der Waals surface area contributed by atoms with Gasteiger partial charge in [0.25, 0.3) is 0 Å². The van der Waals surface area contributed by atoms with E-state index in [1.54, 1.807) is 0 Å². The topological polar surface area (TPSA) is 74.7 Å². The molecule has 20 heavy (non-hydrogen) atoms. The van der Waals surface area contributed by atoms with Gasteiger partial charge in [-0.05, 0) is 36.5 Å². The summed E-state index contributed by atoms with van der Waals surface area (Å²) in [4.78, 5) is 11.5. The van der Waals surface area contributed by atoms with Crippen LogP contribution in [0.5, 0.6) is 0 Å². The molecule has 3 unspecified atom stereocenters. The average Bonchev–Trinajstić information content (AvgIpc) is 2.84. The molecule has 2 rings (SSSR count). The molecule has 0 amide bonds. The Balaban J connectivity index is 2.16. The highest BCUT2D eigenvalue weighted by Gasteiger charge is 2.51. The molecule has 0 aromatic rings. The molecule has 3 atom stereocenters. The van der Waals surface area contributed by atoms with E-state index in [0.29, 0.717) is 13.0 Å². The van der Waals surface area contributed by atoms with E-state index in [-0.39, 0.29) is 23.0 Å². The maximum atomic E-state index is 12.5. The highest BCUT2D eigenvalue weighted by Crippen LogP contribution is 2.43. The minimum Gasteiger partial charge on any atom is -0.480 e. The zero-order valence-electron chi connectivity index (χ0n) is 12.5. The van der Waals surface area contributed by atoms with Crippen molar-refractivity contribution < 1.29 is 18.3 Å². The number of carboxylic acids is 1. The summed E-state index contributed by atoms with van der Waals surface area (Å²) in [5.41, 5.74) is -0.0681. The maximum absolute atomic E-state index is 12.5. The second-order valence-electron chi connectivity index (χ2n) is 7.33. The molecule has 1 saturated carbocycles. The van der Waals surface area contributed by atoms with Crippen molar-refractivity contribution in [2.24, 2.45) is 17.3 Å². The van der Waals surface area contributed by atoms with Gasteiger partial charge in [-0.1, -0.05) is 27.2 Å². The summed E-state index contributed by atoms with van der Waals surface area (Å²) in [6.07, 6.45) is 3.37. The van der Waals surface area contributed by atoms with E-state index in [1.165, 1.54) is 4.31 Å². The number of aliphatic carboxylic acids is 1. The molecule has 6 heteroatoms. The Morgan fingerprint density at radius 2 is 1.95 bits per heavy atom. The largest absolute Gasteiger partial charge is 0.480 e. The van der Waals surface area contributed by atoms with E-state index in [1.807, 2.05) is 20.8 Å². The van der Waals surface area contributed by atoms with Crippen molar-refractivity contribution in [1.29, 1.82) is 0 Å². The lowest BCUT2D eigenvalue weighted by Gasteiger charge is -2.26. The SMILES string of the molecule is CC(C)(C)CCS(=O)(=O)N1CC2CCCC2C1C(=O)O. The first-order valence-corrected chi connectivity index (χ1v) is 8.95. The molecule has 0 radical (unpaired) electrons. The lowest BCUT2D eigenvalue weighted by atomic mass is 9.94. The van der Waals surface area contributed by atoms with Gasteiger partial charge in [-0.2, -0.15) is 4.31 Å². The highest BCUT2D eigenvalue weighted by atomic mass is 32.2. The van der Waals surface area contributed by atoms with Crippen molar-refractivity contribution in [3.8, 4) is 0 Å². The molecule has 0 aromatic heterocycles. The molecule has 2 aliphatic rings. The van der Waals surface area contributed by atoms with Gasteiger partial charge in [0.05, 0.1) is 5.75 Å². The van der Waals surface area contributed by atoms with Crippen LogP contribution in [-0.4, -0.2) is 42.1 Å². The second-order valence-corrected chi connectivity index (χ2v) is 9.38. The predicted molar refractivity (Wildman–Crippen MR) is 76.8 cm³/mol. The fourth-order valence-electron chi connectivity index (χ4n) is 3.41. The van der Waals surface area contributed by atoms with Crippen molar-refractivity contribution in [3.63, 3.8) is 0 Å². The number of carboxylic acid groups (broad SMARTS) is 1. The van der Waals surface area contributed by atoms with Gasteiger partial charge in [0.1, 0.15) is 6.04 Å². The molecule has 5 nitrogen and oxygen atoms in total. The van der Waals surface area contributed by atoms with Crippen LogP contribution in [0.15, 0.2) is 0 Å². The average molecular weight is 303 g/mol. The fourth-order valence-corrected chi connectivity index (χ4v) is 5.53. The Bertz CT molecular complexity index is 480. The lowest BCUT2D eigenvalue weighted by molar-refractivity contribution is -0.142. The maximum Gasteiger partial charge on any atom is 0.322 e. The molecule has 1 aliphatic heterocycles. The van der Waals surface area contributed by atoms with Crippen LogP contribution in [0.25, 0.3) is 0 Å². The molecule has 0 aromatic carbocycles. The van der Waals surface area contributed by atoms with Gasteiger partial charge >= 0.3 is 5.97 Å². The standard InChI is InChI=1S/C14H25NO4S/c1-14(2,3)7-8-20(18,19)15-9-10-5-4-6-11(10)12(15)13(16)17/h10-12H,4-9H2,1-3H3,(H,16,17). The molecular weight excluding hydrogens is 278 g/mol. The van der Waals surface area contributed by atoms with Crippen LogP contribution in [0.1, 0.15) is 46.5 Å². The first kappa shape index (κ1) is 15.8. The highest BCUT2D eigenvalue weighted by molar-refractivity contribution is 7.89. The van der Waals surface area contributed by atoms with Crippen LogP contribution < -0.4 is 0 Å². The van der Waals surface area contributed by atoms with Gasteiger partial charge in [-0.25, -0.2) is 8.42 Å². The predicted octanol–water partition coefficient (Wildman–Crippen LogP) is 1.94. The van der Waals surface area contributed by atoms with Gasteiger partial charge in [0.2, 0.25) is 10.0 Å². The van der Waals surface area contributed by atoms with Crippen LogP contribution in [0.3, 0.4) is 0 Å². The van der Waals surface area contributed by atoms with E-state index in [9.17, 15) is 18.3 Å². The smallest absolute Gasteiger partial charge is 0.322 e. The van der Waals surface area contributed by atoms with Crippen molar-refractivity contribution in [1.82, 2.24) is 4.31 Å². The molecule has 1 aliphatic carbocycles. The fraction of sp³-hybridized carbons (Fsp3) is 0.929. The van der Waals surface area contributed by atoms with Crippen LogP contribution in [0, 0.1) is 17.3 Å². The lowest BCUT2D eigenvalue weighted by Crippen LogP contribution is -2.44. The summed E-state index contributed by atoms with van der Waals surface area (Å²) in [5, 5.41) is 9.42. The molecule has 116 valence electrons. The number of nitrogens with zero attached hydrogens (tertiary/aromatic N) is 1. The summed E-state index contributed by atoms with van der Waals surface area (Å²) in [5.74, 6) is -0.698. The van der Waals surface area contributed by atoms with Crippen LogP contribution in [-0.2, 0) is 14.8 Å². The summed E-state index contributed by atoms with van der Waals surface area (Å²) < 4.78 is 26.2. The number of hydrogen-bond donors (Lipinski definition) is 1. The van der Waals surface area contributed by atoms with Crippen LogP contribution >= 0.6 is 0 Å². The number of sulfonamides is 1. The number of hydrogen-bond acceptors (Lipinski definition) is 3. The molecule has 1 heterocycles. The van der Waals surface area contributed by atoms with Crippen molar-refractivity contribution in [2.45, 2.75) is 52.5 Å². The minimum atomic E-state index is -3.48. The molecule has 0 spiro atoms. The van der Waals surface area contributed by atoms with Crippen LogP contribution in [0.4, 0.5) is 0 Å². The van der Waals surface area contributed by atoms with E-state index in [0.717, 1.165) is 19.3 Å². The van der Waals surface area contributed by atoms with E-state index in [2.05, 4.69) is 0 Å². The van der Waals surface area contributed by atoms with Gasteiger partial charge in [-0.3, -0.25) is 4.79 Å². The third-order valence-corrected chi connectivity index (χ3v) is 6.38. The zero-order valence-corrected chi connectivity index (χ0v) is 13.3. The Hall–Kier alpha value is -0.620. The van der Waals surface area contributed by atoms with Crippen LogP contribution in [0.2, 0.25) is 0 Å².